The fourth-order valence-electron chi connectivity index (χ4n) is 12.7. The second kappa shape index (κ2) is 11.6. The number of para-hydroxylation sites is 1. The number of nitrogens with zero attached hydrogens (tertiary/aromatic N) is 1. The van der Waals surface area contributed by atoms with Gasteiger partial charge in [-0.2, -0.15) is 0 Å². The molecule has 0 saturated heterocycles. The molecule has 4 saturated carbocycles. The van der Waals surface area contributed by atoms with E-state index in [1.165, 1.54) is 100 Å². The smallest absolute Gasteiger partial charge is 0.0543 e. The van der Waals surface area contributed by atoms with Crippen molar-refractivity contribution in [3.05, 3.63) is 162 Å². The first-order chi connectivity index (χ1) is 26.2. The predicted molar refractivity (Wildman–Crippen MR) is 226 cm³/mol. The molecular formula is C53H51N. The van der Waals surface area contributed by atoms with Gasteiger partial charge in [0.25, 0.3) is 0 Å². The van der Waals surface area contributed by atoms with Gasteiger partial charge in [-0.25, -0.2) is 0 Å². The van der Waals surface area contributed by atoms with Crippen LogP contribution in [0.4, 0.5) is 17.1 Å². The van der Waals surface area contributed by atoms with Gasteiger partial charge in [0, 0.05) is 22.2 Å². The highest BCUT2D eigenvalue weighted by molar-refractivity contribution is 5.98. The first kappa shape index (κ1) is 32.5. The van der Waals surface area contributed by atoms with Gasteiger partial charge in [-0.3, -0.25) is 0 Å². The maximum absolute atomic E-state index is 2.71. The van der Waals surface area contributed by atoms with Crippen molar-refractivity contribution in [1.82, 2.24) is 0 Å². The Bertz CT molecular complexity index is 2430. The summed E-state index contributed by atoms with van der Waals surface area (Å²) < 4.78 is 0. The van der Waals surface area contributed by atoms with Crippen molar-refractivity contribution in [2.75, 3.05) is 4.90 Å². The molecule has 0 aliphatic heterocycles. The maximum Gasteiger partial charge on any atom is 0.0543 e. The normalized spacial score (nSPS) is 26.1. The van der Waals surface area contributed by atoms with Gasteiger partial charge >= 0.3 is 0 Å². The topological polar surface area (TPSA) is 3.24 Å². The van der Waals surface area contributed by atoms with Crippen LogP contribution in [0.5, 0.6) is 0 Å². The molecule has 54 heavy (non-hydrogen) atoms. The molecule has 4 fully saturated rings. The van der Waals surface area contributed by atoms with Crippen LogP contribution in [0.25, 0.3) is 33.4 Å². The van der Waals surface area contributed by atoms with Gasteiger partial charge in [-0.1, -0.05) is 137 Å². The molecule has 0 radical (unpaired) electrons. The lowest BCUT2D eigenvalue weighted by molar-refractivity contribution is 0.191. The minimum atomic E-state index is 0.0967. The van der Waals surface area contributed by atoms with Gasteiger partial charge in [0.15, 0.2) is 0 Å². The molecule has 6 aromatic rings. The van der Waals surface area contributed by atoms with Crippen LogP contribution < -0.4 is 4.90 Å². The van der Waals surface area contributed by atoms with Gasteiger partial charge < -0.3 is 4.90 Å². The summed E-state index contributed by atoms with van der Waals surface area (Å²) in [7, 11) is 0. The van der Waals surface area contributed by atoms with Crippen LogP contribution in [0.3, 0.4) is 0 Å². The minimum Gasteiger partial charge on any atom is -0.309 e. The number of rotatable bonds is 5. The maximum atomic E-state index is 2.71. The largest absolute Gasteiger partial charge is 0.309 e. The van der Waals surface area contributed by atoms with E-state index < -0.39 is 0 Å². The quantitative estimate of drug-likeness (QED) is 0.173. The van der Waals surface area contributed by atoms with Crippen molar-refractivity contribution in [2.45, 2.75) is 82.5 Å². The van der Waals surface area contributed by atoms with Crippen molar-refractivity contribution in [3.63, 3.8) is 0 Å². The Morgan fingerprint density at radius 1 is 0.463 bits per heavy atom. The Kier molecular flexibility index (Phi) is 6.97. The molecule has 1 heteroatoms. The molecule has 12 rings (SSSR count). The monoisotopic (exact) mass is 701 g/mol. The Hall–Kier alpha value is -4.88. The van der Waals surface area contributed by atoms with Crippen LogP contribution in [-0.2, 0) is 16.2 Å². The zero-order valence-corrected chi connectivity index (χ0v) is 32.3. The second-order valence-electron chi connectivity index (χ2n) is 18.8. The van der Waals surface area contributed by atoms with E-state index in [1.54, 1.807) is 11.1 Å². The molecule has 0 amide bonds. The summed E-state index contributed by atoms with van der Waals surface area (Å²) in [6, 6.07) is 53.7. The molecule has 6 aliphatic carbocycles. The SMILES string of the molecule is CC1(C)CCC(C)(C)c2cc(N(c3ccccc3-c3ccccc3)c3cc4c(cc3-c3ccccc3)-c3ccccc3C43C4CC5CC(C4)C3C5)ccc21. The van der Waals surface area contributed by atoms with E-state index in [0.29, 0.717) is 0 Å². The summed E-state index contributed by atoms with van der Waals surface area (Å²) in [5.41, 5.74) is 18.3. The number of anilines is 3. The summed E-state index contributed by atoms with van der Waals surface area (Å²) in [6.07, 6.45) is 8.00. The van der Waals surface area contributed by atoms with E-state index in [9.17, 15) is 0 Å². The second-order valence-corrected chi connectivity index (χ2v) is 18.8. The minimum absolute atomic E-state index is 0.0967. The van der Waals surface area contributed by atoms with Gasteiger partial charge in [-0.15, -0.1) is 0 Å². The molecule has 1 nitrogen and oxygen atoms in total. The lowest BCUT2D eigenvalue weighted by Crippen LogP contribution is -2.40. The third kappa shape index (κ3) is 4.51. The van der Waals surface area contributed by atoms with Gasteiger partial charge in [0.05, 0.1) is 11.4 Å². The molecular weight excluding hydrogens is 651 g/mol. The molecule has 4 bridgehead atoms. The zero-order valence-electron chi connectivity index (χ0n) is 32.3. The Balaban J connectivity index is 1.24. The standard InChI is InChI=1S/C53H51N/c1-51(2)25-26-52(3,4)48-31-39(23-24-45(48)51)54(49-22-14-12-19-40(49)35-15-7-5-8-16-35)50-33-47-43(32-42(50)36-17-9-6-10-18-36)41-20-11-13-21-44(41)53(47)38-28-34-27-37(30-38)46(53)29-34/h5-24,31-34,37-38,46H,25-30H2,1-4H3. The molecule has 1 spiro atoms. The van der Waals surface area contributed by atoms with Gasteiger partial charge in [0.2, 0.25) is 0 Å². The Labute approximate surface area is 322 Å². The average Bonchev–Trinajstić information content (AvgIpc) is 3.74. The predicted octanol–water partition coefficient (Wildman–Crippen LogP) is 14.2. The van der Waals surface area contributed by atoms with Crippen LogP contribution in [0.2, 0.25) is 0 Å². The zero-order chi connectivity index (χ0) is 36.4. The molecule has 0 aromatic heterocycles. The number of hydrogen-bond donors (Lipinski definition) is 0. The van der Waals surface area contributed by atoms with E-state index >= 15 is 0 Å². The van der Waals surface area contributed by atoms with Crippen LogP contribution in [0, 0.1) is 23.7 Å². The molecule has 0 heterocycles. The van der Waals surface area contributed by atoms with Crippen molar-refractivity contribution in [3.8, 4) is 33.4 Å². The summed E-state index contributed by atoms with van der Waals surface area (Å²) in [5, 5.41) is 0. The van der Waals surface area contributed by atoms with Crippen molar-refractivity contribution < 1.29 is 0 Å². The third-order valence-electron chi connectivity index (χ3n) is 15.1. The molecule has 5 atom stereocenters. The first-order valence-corrected chi connectivity index (χ1v) is 20.7. The lowest BCUT2D eigenvalue weighted by Gasteiger charge is -2.44. The summed E-state index contributed by atoms with van der Waals surface area (Å²) in [4.78, 5) is 2.66. The van der Waals surface area contributed by atoms with Crippen LogP contribution in [0.1, 0.15) is 88.5 Å². The summed E-state index contributed by atoms with van der Waals surface area (Å²) in [6.45, 7) is 9.81. The van der Waals surface area contributed by atoms with Crippen molar-refractivity contribution in [1.29, 1.82) is 0 Å². The van der Waals surface area contributed by atoms with Gasteiger partial charge in [-0.05, 0) is 148 Å². The van der Waals surface area contributed by atoms with E-state index in [4.69, 9.17) is 0 Å². The van der Waals surface area contributed by atoms with Crippen LogP contribution in [0.15, 0.2) is 140 Å². The van der Waals surface area contributed by atoms with Gasteiger partial charge in [0.1, 0.15) is 0 Å². The highest BCUT2D eigenvalue weighted by atomic mass is 15.1. The van der Waals surface area contributed by atoms with Crippen molar-refractivity contribution >= 4 is 17.1 Å². The van der Waals surface area contributed by atoms with Crippen LogP contribution >= 0.6 is 0 Å². The number of benzene rings is 6. The highest BCUT2D eigenvalue weighted by Crippen LogP contribution is 2.73. The van der Waals surface area contributed by atoms with Crippen molar-refractivity contribution in [2.24, 2.45) is 23.7 Å². The molecule has 0 N–H and O–H groups in total. The third-order valence-corrected chi connectivity index (χ3v) is 15.1. The summed E-state index contributed by atoms with van der Waals surface area (Å²) in [5.74, 6) is 3.22. The summed E-state index contributed by atoms with van der Waals surface area (Å²) >= 11 is 0. The first-order valence-electron chi connectivity index (χ1n) is 20.7. The fourth-order valence-corrected chi connectivity index (χ4v) is 12.7. The Morgan fingerprint density at radius 3 is 1.85 bits per heavy atom. The number of hydrogen-bond acceptors (Lipinski definition) is 1. The van der Waals surface area contributed by atoms with E-state index in [-0.39, 0.29) is 16.2 Å². The van der Waals surface area contributed by atoms with Crippen LogP contribution in [-0.4, -0.2) is 0 Å². The number of fused-ring (bicyclic) bond motifs is 4. The molecule has 6 aliphatic rings. The molecule has 268 valence electrons. The van der Waals surface area contributed by atoms with E-state index in [1.807, 2.05) is 0 Å². The average molecular weight is 702 g/mol. The molecule has 5 unspecified atom stereocenters. The van der Waals surface area contributed by atoms with E-state index in [0.717, 1.165) is 23.7 Å². The lowest BCUT2D eigenvalue weighted by atomic mass is 9.59. The van der Waals surface area contributed by atoms with E-state index in [2.05, 4.69) is 172 Å². The highest BCUT2D eigenvalue weighted by Gasteiger charge is 2.66. The Morgan fingerprint density at radius 2 is 1.11 bits per heavy atom. The fraction of sp³-hybridized carbons (Fsp3) is 0.321. The molecule has 6 aromatic carbocycles.